The highest BCUT2D eigenvalue weighted by Gasteiger charge is 2.06. The molecule has 0 aliphatic carbocycles. The van der Waals surface area contributed by atoms with Crippen LogP contribution in [0.15, 0.2) is 54.9 Å². The van der Waals surface area contributed by atoms with Gasteiger partial charge in [0.1, 0.15) is 0 Å². The normalized spacial score (nSPS) is 11.1. The molecule has 5 heteroatoms. The third kappa shape index (κ3) is 5.35. The monoisotopic (exact) mass is 324 g/mol. The van der Waals surface area contributed by atoms with E-state index < -0.39 is 5.97 Å². The lowest BCUT2D eigenvalue weighted by Crippen LogP contribution is -2.05. The van der Waals surface area contributed by atoms with E-state index in [1.54, 1.807) is 12.4 Å². The van der Waals surface area contributed by atoms with E-state index in [1.165, 1.54) is 6.92 Å². The summed E-state index contributed by atoms with van der Waals surface area (Å²) in [4.78, 5) is 25.9. The van der Waals surface area contributed by atoms with Gasteiger partial charge in [-0.2, -0.15) is 0 Å². The van der Waals surface area contributed by atoms with E-state index in [0.717, 1.165) is 22.4 Å². The van der Waals surface area contributed by atoms with Gasteiger partial charge >= 0.3 is 5.97 Å². The number of rotatable bonds is 7. The summed E-state index contributed by atoms with van der Waals surface area (Å²) in [5.74, 6) is -0.898. The van der Waals surface area contributed by atoms with Crippen molar-refractivity contribution in [1.29, 1.82) is 0 Å². The summed E-state index contributed by atoms with van der Waals surface area (Å²) >= 11 is 0. The Morgan fingerprint density at radius 1 is 1.17 bits per heavy atom. The van der Waals surface area contributed by atoms with Gasteiger partial charge in [-0.05, 0) is 42.2 Å². The molecule has 2 aromatic rings. The number of amides is 1. The molecule has 5 nitrogen and oxygen atoms in total. The van der Waals surface area contributed by atoms with Gasteiger partial charge in [-0.1, -0.05) is 24.3 Å². The number of carbonyl (C=O) groups is 2. The van der Waals surface area contributed by atoms with Gasteiger partial charge in [-0.3, -0.25) is 14.6 Å². The lowest BCUT2D eigenvalue weighted by molar-refractivity contribution is -0.137. The fourth-order valence-electron chi connectivity index (χ4n) is 2.36. The summed E-state index contributed by atoms with van der Waals surface area (Å²) in [6.45, 7) is 1.47. The van der Waals surface area contributed by atoms with E-state index in [2.05, 4.69) is 10.3 Å². The van der Waals surface area contributed by atoms with Gasteiger partial charge < -0.3 is 10.4 Å². The summed E-state index contributed by atoms with van der Waals surface area (Å²) in [6, 6.07) is 11.4. The number of aromatic nitrogens is 1. The fourth-order valence-corrected chi connectivity index (χ4v) is 2.36. The molecule has 1 heterocycles. The van der Waals surface area contributed by atoms with Gasteiger partial charge in [0.25, 0.3) is 0 Å². The molecule has 124 valence electrons. The second-order valence-electron chi connectivity index (χ2n) is 5.40. The van der Waals surface area contributed by atoms with Crippen LogP contribution in [0.5, 0.6) is 0 Å². The van der Waals surface area contributed by atoms with E-state index >= 15 is 0 Å². The van der Waals surface area contributed by atoms with Crippen molar-refractivity contribution in [1.82, 2.24) is 4.98 Å². The van der Waals surface area contributed by atoms with E-state index in [0.29, 0.717) is 12.8 Å². The number of nitrogens with zero attached hydrogens (tertiary/aromatic N) is 1. The van der Waals surface area contributed by atoms with Crippen molar-refractivity contribution < 1.29 is 14.7 Å². The first-order valence-corrected chi connectivity index (χ1v) is 7.76. The number of unbranched alkanes of at least 4 members (excludes halogenated alkanes) is 1. The number of aliphatic carboxylic acids is 1. The predicted octanol–water partition coefficient (Wildman–Crippen LogP) is 3.73. The summed E-state index contributed by atoms with van der Waals surface area (Å²) in [7, 11) is 0. The molecule has 1 amide bonds. The van der Waals surface area contributed by atoms with Gasteiger partial charge in [0.05, 0.1) is 0 Å². The zero-order valence-electron chi connectivity index (χ0n) is 13.5. The average molecular weight is 324 g/mol. The van der Waals surface area contributed by atoms with Crippen molar-refractivity contribution in [3.8, 4) is 0 Å². The van der Waals surface area contributed by atoms with Gasteiger partial charge in [0.15, 0.2) is 0 Å². The fraction of sp³-hybridized carbons (Fsp3) is 0.211. The minimum atomic E-state index is -0.786. The summed E-state index contributed by atoms with van der Waals surface area (Å²) in [6.07, 6.45) is 6.94. The maximum atomic E-state index is 11.1. The van der Waals surface area contributed by atoms with Crippen molar-refractivity contribution in [3.63, 3.8) is 0 Å². The molecule has 24 heavy (non-hydrogen) atoms. The number of carbonyl (C=O) groups excluding carboxylic acids is 1. The first-order valence-electron chi connectivity index (χ1n) is 7.76. The van der Waals surface area contributed by atoms with E-state index in [4.69, 9.17) is 5.11 Å². The van der Waals surface area contributed by atoms with Crippen LogP contribution < -0.4 is 5.32 Å². The standard InChI is InChI=1S/C19H20N2O3/c1-14(22)21-17-10-8-15(9-11-17)18(6-2-3-7-19(23)24)16-5-4-12-20-13-16/h4-6,8-13H,2-3,7H2,1H3,(H,21,22)(H,23,24). The second-order valence-corrected chi connectivity index (χ2v) is 5.40. The van der Waals surface area contributed by atoms with Crippen molar-refractivity contribution in [2.75, 3.05) is 5.32 Å². The quantitative estimate of drug-likeness (QED) is 0.761. The number of carboxylic acid groups (broad SMARTS) is 1. The highest BCUT2D eigenvalue weighted by atomic mass is 16.4. The maximum Gasteiger partial charge on any atom is 0.303 e. The highest BCUT2D eigenvalue weighted by Crippen LogP contribution is 2.25. The Labute approximate surface area is 141 Å². The van der Waals surface area contributed by atoms with Crippen molar-refractivity contribution in [2.24, 2.45) is 0 Å². The predicted molar refractivity (Wildman–Crippen MR) is 93.5 cm³/mol. The molecule has 0 saturated heterocycles. The third-order valence-electron chi connectivity index (χ3n) is 3.43. The molecule has 0 aliphatic rings. The average Bonchev–Trinajstić information content (AvgIpc) is 2.56. The van der Waals surface area contributed by atoms with Gasteiger partial charge in [0, 0.05) is 37.0 Å². The molecule has 0 fully saturated rings. The zero-order chi connectivity index (χ0) is 17.4. The Morgan fingerprint density at radius 2 is 1.92 bits per heavy atom. The second kappa shape index (κ2) is 8.62. The molecule has 0 radical (unpaired) electrons. The number of hydrogen-bond acceptors (Lipinski definition) is 3. The Kier molecular flexibility index (Phi) is 6.25. The molecule has 2 rings (SSSR count). The van der Waals surface area contributed by atoms with E-state index in [1.807, 2.05) is 42.5 Å². The van der Waals surface area contributed by atoms with Crippen molar-refractivity contribution >= 4 is 23.1 Å². The molecule has 0 unspecified atom stereocenters. The summed E-state index contributed by atoms with van der Waals surface area (Å²) < 4.78 is 0. The molecule has 1 aromatic heterocycles. The number of nitrogens with one attached hydrogen (secondary N) is 1. The minimum Gasteiger partial charge on any atom is -0.481 e. The zero-order valence-corrected chi connectivity index (χ0v) is 13.5. The van der Waals surface area contributed by atoms with Gasteiger partial charge in [0.2, 0.25) is 5.91 Å². The Bertz CT molecular complexity index is 722. The van der Waals surface area contributed by atoms with E-state index in [9.17, 15) is 9.59 Å². The molecule has 0 spiro atoms. The van der Waals surface area contributed by atoms with Crippen molar-refractivity contribution in [2.45, 2.75) is 26.2 Å². The van der Waals surface area contributed by atoms with Crippen LogP contribution in [0.1, 0.15) is 37.3 Å². The van der Waals surface area contributed by atoms with Crippen LogP contribution in [0.4, 0.5) is 5.69 Å². The first kappa shape index (κ1) is 17.4. The molecular weight excluding hydrogens is 304 g/mol. The smallest absolute Gasteiger partial charge is 0.303 e. The molecule has 2 N–H and O–H groups in total. The number of anilines is 1. The lowest BCUT2D eigenvalue weighted by atomic mass is 9.97. The highest BCUT2D eigenvalue weighted by molar-refractivity contribution is 5.89. The Morgan fingerprint density at radius 3 is 2.50 bits per heavy atom. The number of benzene rings is 1. The van der Waals surface area contributed by atoms with Crippen LogP contribution in [0.25, 0.3) is 5.57 Å². The Hall–Kier alpha value is -2.95. The number of pyridine rings is 1. The molecule has 0 atom stereocenters. The van der Waals surface area contributed by atoms with E-state index in [-0.39, 0.29) is 12.3 Å². The molecule has 1 aromatic carbocycles. The third-order valence-corrected chi connectivity index (χ3v) is 3.43. The van der Waals surface area contributed by atoms with Crippen LogP contribution in [0.2, 0.25) is 0 Å². The number of carboxylic acids is 1. The maximum absolute atomic E-state index is 11.1. The number of hydrogen-bond donors (Lipinski definition) is 2. The molecule has 0 aliphatic heterocycles. The molecule has 0 saturated carbocycles. The SMILES string of the molecule is CC(=O)Nc1ccc(C(=CCCCC(=O)O)c2cccnc2)cc1. The Balaban J connectivity index is 2.23. The summed E-state index contributed by atoms with van der Waals surface area (Å²) in [5.41, 5.74) is 3.71. The lowest BCUT2D eigenvalue weighted by Gasteiger charge is -2.10. The largest absolute Gasteiger partial charge is 0.481 e. The van der Waals surface area contributed by atoms with Crippen LogP contribution >= 0.6 is 0 Å². The molecule has 0 bridgehead atoms. The number of allylic oxidation sites excluding steroid dienone is 1. The van der Waals surface area contributed by atoms with Crippen LogP contribution in [0, 0.1) is 0 Å². The van der Waals surface area contributed by atoms with Crippen LogP contribution in [-0.4, -0.2) is 22.0 Å². The topological polar surface area (TPSA) is 79.3 Å². The first-order chi connectivity index (χ1) is 11.6. The van der Waals surface area contributed by atoms with Crippen molar-refractivity contribution in [3.05, 3.63) is 66.0 Å². The van der Waals surface area contributed by atoms with Gasteiger partial charge in [-0.25, -0.2) is 0 Å². The van der Waals surface area contributed by atoms with Crippen LogP contribution in [-0.2, 0) is 9.59 Å². The summed E-state index contributed by atoms with van der Waals surface area (Å²) in [5, 5.41) is 11.5. The minimum absolute atomic E-state index is 0.112. The van der Waals surface area contributed by atoms with Gasteiger partial charge in [-0.15, -0.1) is 0 Å². The molecular formula is C19H20N2O3. The van der Waals surface area contributed by atoms with Crippen LogP contribution in [0.3, 0.4) is 0 Å².